The fraction of sp³-hybridized carbons (Fsp3) is 0.167. The van der Waals surface area contributed by atoms with Crippen LogP contribution in [0, 0.1) is 0 Å². The van der Waals surface area contributed by atoms with Gasteiger partial charge in [0.25, 0.3) is 0 Å². The largest absolute Gasteiger partial charge is 0.386 e. The zero-order chi connectivity index (χ0) is 11.3. The fourth-order valence-electron chi connectivity index (χ4n) is 1.22. The van der Waals surface area contributed by atoms with Crippen molar-refractivity contribution in [1.29, 1.82) is 0 Å². The lowest BCUT2D eigenvalue weighted by Crippen LogP contribution is -2.12. The quantitative estimate of drug-likeness (QED) is 0.430. The highest BCUT2D eigenvalue weighted by molar-refractivity contribution is 6.00. The fourth-order valence-corrected chi connectivity index (χ4v) is 1.22. The standard InChI is InChI=1S/C12H12O3/c1-3-9-7-5-6-8-10(9)12(14)15-11(13)4-2/h4-8H,2-3H2,1H3. The highest BCUT2D eigenvalue weighted by Crippen LogP contribution is 2.10. The summed E-state index contributed by atoms with van der Waals surface area (Å²) in [6.45, 7) is 5.16. The molecule has 0 fully saturated rings. The van der Waals surface area contributed by atoms with Gasteiger partial charge in [0.15, 0.2) is 0 Å². The van der Waals surface area contributed by atoms with Crippen LogP contribution in [0.5, 0.6) is 0 Å². The van der Waals surface area contributed by atoms with Gasteiger partial charge in [-0.25, -0.2) is 9.59 Å². The van der Waals surface area contributed by atoms with Gasteiger partial charge in [-0.05, 0) is 18.1 Å². The van der Waals surface area contributed by atoms with Crippen molar-refractivity contribution in [2.75, 3.05) is 0 Å². The van der Waals surface area contributed by atoms with Gasteiger partial charge >= 0.3 is 11.9 Å². The van der Waals surface area contributed by atoms with Crippen molar-refractivity contribution in [2.24, 2.45) is 0 Å². The predicted octanol–water partition coefficient (Wildman–Crippen LogP) is 2.12. The smallest absolute Gasteiger partial charge is 0.346 e. The molecular weight excluding hydrogens is 192 g/mol. The van der Waals surface area contributed by atoms with Crippen molar-refractivity contribution in [3.63, 3.8) is 0 Å². The average Bonchev–Trinajstić information content (AvgIpc) is 2.28. The van der Waals surface area contributed by atoms with E-state index < -0.39 is 11.9 Å². The molecule has 0 aliphatic carbocycles. The Kier molecular flexibility index (Phi) is 3.80. The summed E-state index contributed by atoms with van der Waals surface area (Å²) in [6, 6.07) is 7.03. The third kappa shape index (κ3) is 2.77. The molecule has 1 aromatic rings. The van der Waals surface area contributed by atoms with E-state index in [1.807, 2.05) is 19.1 Å². The van der Waals surface area contributed by atoms with Crippen LogP contribution in [0.25, 0.3) is 0 Å². The van der Waals surface area contributed by atoms with Crippen LogP contribution >= 0.6 is 0 Å². The zero-order valence-corrected chi connectivity index (χ0v) is 8.53. The second kappa shape index (κ2) is 5.10. The molecule has 3 heteroatoms. The number of hydrogen-bond donors (Lipinski definition) is 0. The van der Waals surface area contributed by atoms with Gasteiger partial charge in [0.05, 0.1) is 5.56 Å². The van der Waals surface area contributed by atoms with Gasteiger partial charge in [0, 0.05) is 6.08 Å². The monoisotopic (exact) mass is 204 g/mol. The van der Waals surface area contributed by atoms with Gasteiger partial charge in [-0.1, -0.05) is 31.7 Å². The summed E-state index contributed by atoms with van der Waals surface area (Å²) in [7, 11) is 0. The molecule has 1 rings (SSSR count). The molecule has 0 radical (unpaired) electrons. The Morgan fingerprint density at radius 3 is 2.67 bits per heavy atom. The summed E-state index contributed by atoms with van der Waals surface area (Å²) in [6.07, 6.45) is 1.68. The minimum Gasteiger partial charge on any atom is -0.386 e. The minimum atomic E-state index is -0.731. The van der Waals surface area contributed by atoms with Crippen LogP contribution in [0.4, 0.5) is 0 Å². The number of aryl methyl sites for hydroxylation is 1. The SMILES string of the molecule is C=CC(=O)OC(=O)c1ccccc1CC. The first-order valence-electron chi connectivity index (χ1n) is 4.65. The second-order valence-corrected chi connectivity index (χ2v) is 2.92. The number of ether oxygens (including phenoxy) is 1. The molecule has 3 nitrogen and oxygen atoms in total. The Labute approximate surface area is 88.4 Å². The normalized spacial score (nSPS) is 9.40. The highest BCUT2D eigenvalue weighted by Gasteiger charge is 2.13. The molecule has 0 N–H and O–H groups in total. The Morgan fingerprint density at radius 2 is 2.07 bits per heavy atom. The van der Waals surface area contributed by atoms with E-state index in [0.717, 1.165) is 11.6 Å². The van der Waals surface area contributed by atoms with E-state index in [9.17, 15) is 9.59 Å². The predicted molar refractivity (Wildman–Crippen MR) is 56.4 cm³/mol. The molecular formula is C12H12O3. The Hall–Kier alpha value is -1.90. The van der Waals surface area contributed by atoms with Crippen molar-refractivity contribution >= 4 is 11.9 Å². The van der Waals surface area contributed by atoms with Gasteiger partial charge in [-0.2, -0.15) is 0 Å². The van der Waals surface area contributed by atoms with Crippen molar-refractivity contribution in [3.05, 3.63) is 48.0 Å². The summed E-state index contributed by atoms with van der Waals surface area (Å²) in [5.74, 6) is -1.36. The average molecular weight is 204 g/mol. The van der Waals surface area contributed by atoms with Crippen LogP contribution in [0.3, 0.4) is 0 Å². The van der Waals surface area contributed by atoms with Gasteiger partial charge in [0.1, 0.15) is 0 Å². The van der Waals surface area contributed by atoms with E-state index in [2.05, 4.69) is 11.3 Å². The van der Waals surface area contributed by atoms with E-state index in [0.29, 0.717) is 12.0 Å². The van der Waals surface area contributed by atoms with Crippen molar-refractivity contribution in [1.82, 2.24) is 0 Å². The van der Waals surface area contributed by atoms with E-state index >= 15 is 0 Å². The number of hydrogen-bond acceptors (Lipinski definition) is 3. The second-order valence-electron chi connectivity index (χ2n) is 2.92. The van der Waals surface area contributed by atoms with Gasteiger partial charge in [-0.3, -0.25) is 0 Å². The number of rotatable bonds is 3. The van der Waals surface area contributed by atoms with E-state index in [4.69, 9.17) is 0 Å². The molecule has 0 bridgehead atoms. The Balaban J connectivity index is 2.90. The van der Waals surface area contributed by atoms with Gasteiger partial charge < -0.3 is 4.74 Å². The molecule has 0 aliphatic rings. The minimum absolute atomic E-state index is 0.426. The van der Waals surface area contributed by atoms with E-state index in [1.54, 1.807) is 12.1 Å². The zero-order valence-electron chi connectivity index (χ0n) is 8.53. The third-order valence-electron chi connectivity index (χ3n) is 1.98. The maximum absolute atomic E-state index is 11.5. The molecule has 0 saturated carbocycles. The maximum atomic E-state index is 11.5. The summed E-state index contributed by atoms with van der Waals surface area (Å²) >= 11 is 0. The van der Waals surface area contributed by atoms with Gasteiger partial charge in [0.2, 0.25) is 0 Å². The van der Waals surface area contributed by atoms with Gasteiger partial charge in [-0.15, -0.1) is 0 Å². The number of esters is 2. The summed E-state index contributed by atoms with van der Waals surface area (Å²) in [5, 5.41) is 0. The molecule has 0 heterocycles. The van der Waals surface area contributed by atoms with Crippen LogP contribution in [0.1, 0.15) is 22.8 Å². The number of carbonyl (C=O) groups is 2. The molecule has 0 atom stereocenters. The Morgan fingerprint density at radius 1 is 1.40 bits per heavy atom. The maximum Gasteiger partial charge on any atom is 0.346 e. The first kappa shape index (κ1) is 11.2. The third-order valence-corrected chi connectivity index (χ3v) is 1.98. The molecule has 15 heavy (non-hydrogen) atoms. The molecule has 0 unspecified atom stereocenters. The highest BCUT2D eigenvalue weighted by atomic mass is 16.6. The van der Waals surface area contributed by atoms with Crippen molar-refractivity contribution in [3.8, 4) is 0 Å². The summed E-state index contributed by atoms with van der Waals surface area (Å²) in [4.78, 5) is 22.3. The Bertz CT molecular complexity index is 394. The molecule has 78 valence electrons. The molecule has 1 aromatic carbocycles. The van der Waals surface area contributed by atoms with E-state index in [1.165, 1.54) is 0 Å². The van der Waals surface area contributed by atoms with Crippen LogP contribution in [0.15, 0.2) is 36.9 Å². The first-order valence-corrected chi connectivity index (χ1v) is 4.65. The lowest BCUT2D eigenvalue weighted by Gasteiger charge is -2.04. The molecule has 0 spiro atoms. The first-order chi connectivity index (χ1) is 7.19. The van der Waals surface area contributed by atoms with Crippen LogP contribution in [-0.4, -0.2) is 11.9 Å². The lowest BCUT2D eigenvalue weighted by atomic mass is 10.1. The molecule has 0 aromatic heterocycles. The molecule has 0 saturated heterocycles. The molecule has 0 aliphatic heterocycles. The van der Waals surface area contributed by atoms with E-state index in [-0.39, 0.29) is 0 Å². The summed E-state index contributed by atoms with van der Waals surface area (Å²) < 4.78 is 4.53. The summed E-state index contributed by atoms with van der Waals surface area (Å²) in [5.41, 5.74) is 1.29. The van der Waals surface area contributed by atoms with Crippen LogP contribution < -0.4 is 0 Å². The van der Waals surface area contributed by atoms with Crippen molar-refractivity contribution in [2.45, 2.75) is 13.3 Å². The van der Waals surface area contributed by atoms with Crippen LogP contribution in [-0.2, 0) is 16.0 Å². The van der Waals surface area contributed by atoms with Crippen LogP contribution in [0.2, 0.25) is 0 Å². The number of carbonyl (C=O) groups excluding carboxylic acids is 2. The lowest BCUT2D eigenvalue weighted by molar-refractivity contribution is -0.132. The van der Waals surface area contributed by atoms with Crippen molar-refractivity contribution < 1.29 is 14.3 Å². The molecule has 0 amide bonds. The topological polar surface area (TPSA) is 43.4 Å². The number of benzene rings is 1.